The molecule has 0 amide bonds. The van der Waals surface area contributed by atoms with Crippen molar-refractivity contribution in [1.82, 2.24) is 0 Å². The van der Waals surface area contributed by atoms with E-state index < -0.39 is 0 Å². The Hall–Kier alpha value is -2.36. The summed E-state index contributed by atoms with van der Waals surface area (Å²) < 4.78 is 21.8. The summed E-state index contributed by atoms with van der Waals surface area (Å²) >= 11 is 0. The van der Waals surface area contributed by atoms with Crippen molar-refractivity contribution in [3.63, 3.8) is 0 Å². The molecule has 0 radical (unpaired) electrons. The zero-order valence-corrected chi connectivity index (χ0v) is 13.1. The van der Waals surface area contributed by atoms with Crippen LogP contribution in [0.3, 0.4) is 0 Å². The number of ether oxygens (including phenoxy) is 4. The predicted octanol–water partition coefficient (Wildman–Crippen LogP) is 3.43. The van der Waals surface area contributed by atoms with E-state index in [0.717, 1.165) is 29.2 Å². The maximum absolute atomic E-state index is 5.92. The zero-order valence-electron chi connectivity index (χ0n) is 13.1. The van der Waals surface area contributed by atoms with Crippen LogP contribution >= 0.6 is 0 Å². The molecule has 116 valence electrons. The van der Waals surface area contributed by atoms with Crippen LogP contribution in [-0.4, -0.2) is 27.9 Å². The Bertz CT molecular complexity index is 649. The van der Waals surface area contributed by atoms with E-state index in [1.54, 1.807) is 21.3 Å². The van der Waals surface area contributed by atoms with Crippen LogP contribution in [0.5, 0.6) is 23.0 Å². The molecule has 0 aromatic heterocycles. The van der Waals surface area contributed by atoms with Crippen molar-refractivity contribution < 1.29 is 18.9 Å². The minimum Gasteiger partial charge on any atom is -0.497 e. The minimum atomic E-state index is 0.330. The lowest BCUT2D eigenvalue weighted by atomic mass is 9.90. The highest BCUT2D eigenvalue weighted by molar-refractivity contribution is 5.52. The molecule has 1 aliphatic rings. The largest absolute Gasteiger partial charge is 0.497 e. The van der Waals surface area contributed by atoms with Crippen LogP contribution in [0.4, 0.5) is 0 Å². The fourth-order valence-electron chi connectivity index (χ4n) is 2.80. The van der Waals surface area contributed by atoms with E-state index in [1.807, 2.05) is 24.3 Å². The lowest BCUT2D eigenvalue weighted by Crippen LogP contribution is -2.19. The third-order valence-corrected chi connectivity index (χ3v) is 4.06. The topological polar surface area (TPSA) is 36.9 Å². The van der Waals surface area contributed by atoms with Crippen molar-refractivity contribution in [2.75, 3.05) is 27.9 Å². The molecule has 0 bridgehead atoms. The second-order valence-electron chi connectivity index (χ2n) is 5.30. The maximum Gasteiger partial charge on any atom is 0.164 e. The number of hydrogen-bond acceptors (Lipinski definition) is 4. The van der Waals surface area contributed by atoms with Crippen molar-refractivity contribution in [2.24, 2.45) is 0 Å². The fourth-order valence-corrected chi connectivity index (χ4v) is 2.80. The highest BCUT2D eigenvalue weighted by Crippen LogP contribution is 2.40. The highest BCUT2D eigenvalue weighted by atomic mass is 16.5. The fraction of sp³-hybridized carbons (Fsp3) is 0.333. The summed E-state index contributed by atoms with van der Waals surface area (Å²) in [5, 5.41) is 0. The van der Waals surface area contributed by atoms with Crippen molar-refractivity contribution in [3.05, 3.63) is 47.5 Å². The molecule has 1 atom stereocenters. The van der Waals surface area contributed by atoms with Gasteiger partial charge in [0, 0.05) is 12.0 Å². The van der Waals surface area contributed by atoms with Crippen molar-refractivity contribution in [2.45, 2.75) is 12.3 Å². The molecule has 2 aromatic rings. The molecule has 1 unspecified atom stereocenters. The molecule has 2 aromatic carbocycles. The normalized spacial score (nSPS) is 16.4. The van der Waals surface area contributed by atoms with Gasteiger partial charge in [0.05, 0.1) is 27.9 Å². The zero-order chi connectivity index (χ0) is 15.5. The van der Waals surface area contributed by atoms with E-state index >= 15 is 0 Å². The summed E-state index contributed by atoms with van der Waals surface area (Å²) in [4.78, 5) is 0. The molecule has 0 fully saturated rings. The Kier molecular flexibility index (Phi) is 4.09. The van der Waals surface area contributed by atoms with E-state index in [9.17, 15) is 0 Å². The minimum absolute atomic E-state index is 0.330. The lowest BCUT2D eigenvalue weighted by molar-refractivity contribution is 0.258. The summed E-state index contributed by atoms with van der Waals surface area (Å²) in [6, 6.07) is 12.1. The van der Waals surface area contributed by atoms with E-state index in [1.165, 1.54) is 5.56 Å². The second kappa shape index (κ2) is 6.18. The summed E-state index contributed by atoms with van der Waals surface area (Å²) in [5.41, 5.74) is 2.39. The monoisotopic (exact) mass is 300 g/mol. The quantitative estimate of drug-likeness (QED) is 0.867. The highest BCUT2D eigenvalue weighted by Gasteiger charge is 2.23. The molecule has 1 heterocycles. The van der Waals surface area contributed by atoms with Gasteiger partial charge in [0.2, 0.25) is 0 Å². The standard InChI is InChI=1S/C18H20O4/c1-19-15-6-4-12(5-7-15)14-8-13-9-17(20-2)18(21-3)10-16(13)22-11-14/h4-7,9-10,14H,8,11H2,1-3H3. The number of benzene rings is 2. The third-order valence-electron chi connectivity index (χ3n) is 4.06. The molecule has 1 aliphatic heterocycles. The molecule has 0 aliphatic carbocycles. The van der Waals surface area contributed by atoms with Crippen LogP contribution in [0, 0.1) is 0 Å². The van der Waals surface area contributed by atoms with Gasteiger partial charge in [-0.3, -0.25) is 0 Å². The molecule has 3 rings (SSSR count). The van der Waals surface area contributed by atoms with Crippen molar-refractivity contribution >= 4 is 0 Å². The van der Waals surface area contributed by atoms with Crippen molar-refractivity contribution in [1.29, 1.82) is 0 Å². The van der Waals surface area contributed by atoms with E-state index in [-0.39, 0.29) is 0 Å². The molecular formula is C18H20O4. The first-order chi connectivity index (χ1) is 10.7. The van der Waals surface area contributed by atoms with Gasteiger partial charge in [0.1, 0.15) is 11.5 Å². The second-order valence-corrected chi connectivity index (χ2v) is 5.30. The summed E-state index contributed by atoms with van der Waals surface area (Å²) in [6.45, 7) is 0.662. The van der Waals surface area contributed by atoms with Crippen LogP contribution in [0.15, 0.2) is 36.4 Å². The van der Waals surface area contributed by atoms with Gasteiger partial charge in [-0.2, -0.15) is 0 Å². The molecule has 0 N–H and O–H groups in total. The smallest absolute Gasteiger partial charge is 0.164 e. The van der Waals surface area contributed by atoms with Gasteiger partial charge in [-0.05, 0) is 35.7 Å². The number of methoxy groups -OCH3 is 3. The Labute approximate surface area is 130 Å². The molecule has 0 spiro atoms. The van der Waals surface area contributed by atoms with Gasteiger partial charge in [0.15, 0.2) is 11.5 Å². The molecular weight excluding hydrogens is 280 g/mol. The average molecular weight is 300 g/mol. The number of hydrogen-bond donors (Lipinski definition) is 0. The SMILES string of the molecule is COc1ccc(C2COc3cc(OC)c(OC)cc3C2)cc1. The van der Waals surface area contributed by atoms with Crippen LogP contribution in [0.2, 0.25) is 0 Å². The van der Waals surface area contributed by atoms with Crippen LogP contribution in [0.25, 0.3) is 0 Å². The molecule has 4 nitrogen and oxygen atoms in total. The van der Waals surface area contributed by atoms with Crippen LogP contribution in [0.1, 0.15) is 17.0 Å². The van der Waals surface area contributed by atoms with Gasteiger partial charge >= 0.3 is 0 Å². The first-order valence-corrected chi connectivity index (χ1v) is 7.26. The lowest BCUT2D eigenvalue weighted by Gasteiger charge is -2.26. The van der Waals surface area contributed by atoms with E-state index in [2.05, 4.69) is 12.1 Å². The maximum atomic E-state index is 5.92. The van der Waals surface area contributed by atoms with E-state index in [0.29, 0.717) is 18.3 Å². The Balaban J connectivity index is 1.86. The predicted molar refractivity (Wildman–Crippen MR) is 84.5 cm³/mol. The average Bonchev–Trinajstić information content (AvgIpc) is 2.60. The molecule has 0 saturated heterocycles. The summed E-state index contributed by atoms with van der Waals surface area (Å²) in [7, 11) is 4.96. The van der Waals surface area contributed by atoms with Gasteiger partial charge in [-0.1, -0.05) is 12.1 Å². The Morgan fingerprint density at radius 1 is 0.909 bits per heavy atom. The van der Waals surface area contributed by atoms with Gasteiger partial charge in [-0.15, -0.1) is 0 Å². The molecule has 22 heavy (non-hydrogen) atoms. The summed E-state index contributed by atoms with van der Waals surface area (Å²) in [5.74, 6) is 3.51. The summed E-state index contributed by atoms with van der Waals surface area (Å²) in [6.07, 6.45) is 0.919. The van der Waals surface area contributed by atoms with Gasteiger partial charge < -0.3 is 18.9 Å². The first kappa shape index (κ1) is 14.6. The van der Waals surface area contributed by atoms with Gasteiger partial charge in [0.25, 0.3) is 0 Å². The van der Waals surface area contributed by atoms with Crippen LogP contribution < -0.4 is 18.9 Å². The van der Waals surface area contributed by atoms with Crippen molar-refractivity contribution in [3.8, 4) is 23.0 Å². The number of fused-ring (bicyclic) bond motifs is 1. The number of rotatable bonds is 4. The van der Waals surface area contributed by atoms with E-state index in [4.69, 9.17) is 18.9 Å². The third kappa shape index (κ3) is 2.69. The Morgan fingerprint density at radius 3 is 2.23 bits per heavy atom. The Morgan fingerprint density at radius 2 is 1.59 bits per heavy atom. The molecule has 4 heteroatoms. The first-order valence-electron chi connectivity index (χ1n) is 7.26. The van der Waals surface area contributed by atoms with Crippen LogP contribution in [-0.2, 0) is 6.42 Å². The molecule has 0 saturated carbocycles. The van der Waals surface area contributed by atoms with Gasteiger partial charge in [-0.25, -0.2) is 0 Å².